The Morgan fingerprint density at radius 1 is 1.41 bits per heavy atom. The van der Waals surface area contributed by atoms with E-state index in [1.165, 1.54) is 6.42 Å². The highest BCUT2D eigenvalue weighted by Gasteiger charge is 2.19. The van der Waals surface area contributed by atoms with Crippen molar-refractivity contribution in [2.45, 2.75) is 33.1 Å². The van der Waals surface area contributed by atoms with Gasteiger partial charge in [0.05, 0.1) is 6.54 Å². The van der Waals surface area contributed by atoms with Crippen molar-refractivity contribution in [2.24, 2.45) is 5.92 Å². The van der Waals surface area contributed by atoms with Gasteiger partial charge in [0.1, 0.15) is 0 Å². The second-order valence-electron chi connectivity index (χ2n) is 4.79. The maximum Gasteiger partial charge on any atom is 0.321 e. The molecule has 1 saturated heterocycles. The van der Waals surface area contributed by atoms with Crippen molar-refractivity contribution < 1.29 is 9.59 Å². The lowest BCUT2D eigenvalue weighted by molar-refractivity contribution is -0.121. The summed E-state index contributed by atoms with van der Waals surface area (Å²) < 4.78 is 0. The molecule has 1 aliphatic heterocycles. The van der Waals surface area contributed by atoms with Gasteiger partial charge in [-0.1, -0.05) is 13.8 Å². The van der Waals surface area contributed by atoms with Crippen LogP contribution in [0.5, 0.6) is 0 Å². The summed E-state index contributed by atoms with van der Waals surface area (Å²) in [7, 11) is 0. The summed E-state index contributed by atoms with van der Waals surface area (Å²) in [4.78, 5) is 24.9. The molecule has 98 valence electrons. The van der Waals surface area contributed by atoms with E-state index in [0.29, 0.717) is 19.0 Å². The molecule has 1 rings (SSSR count). The van der Waals surface area contributed by atoms with Crippen molar-refractivity contribution in [3.05, 3.63) is 0 Å². The molecule has 0 spiro atoms. The van der Waals surface area contributed by atoms with Gasteiger partial charge in [0.2, 0.25) is 5.91 Å². The molecule has 5 heteroatoms. The molecular formula is C12H23N3O2. The summed E-state index contributed by atoms with van der Waals surface area (Å²) in [5.41, 5.74) is 0. The lowest BCUT2D eigenvalue weighted by Gasteiger charge is -2.29. The van der Waals surface area contributed by atoms with Crippen molar-refractivity contribution in [2.75, 3.05) is 26.2 Å². The van der Waals surface area contributed by atoms with Crippen LogP contribution in [-0.4, -0.2) is 43.0 Å². The van der Waals surface area contributed by atoms with Gasteiger partial charge in [-0.2, -0.15) is 0 Å². The highest BCUT2D eigenvalue weighted by Crippen LogP contribution is 2.14. The lowest BCUT2D eigenvalue weighted by atomic mass is 10.0. The summed E-state index contributed by atoms with van der Waals surface area (Å²) in [6.45, 7) is 6.98. The van der Waals surface area contributed by atoms with Gasteiger partial charge in [-0.15, -0.1) is 0 Å². The van der Waals surface area contributed by atoms with Crippen LogP contribution in [0, 0.1) is 5.92 Å². The summed E-state index contributed by atoms with van der Waals surface area (Å²) in [6, 6.07) is -0.387. The molecule has 0 radical (unpaired) electrons. The Morgan fingerprint density at radius 2 is 2.18 bits per heavy atom. The zero-order valence-corrected chi connectivity index (χ0v) is 10.8. The maximum absolute atomic E-state index is 11.6. The highest BCUT2D eigenvalue weighted by molar-refractivity contribution is 5.95. The number of carbonyl (C=O) groups is 2. The normalized spacial score (nSPS) is 20.9. The number of nitrogens with zero attached hydrogens (tertiary/aromatic N) is 1. The Balaban J connectivity index is 2.21. The molecule has 0 aromatic rings. The van der Waals surface area contributed by atoms with Crippen LogP contribution < -0.4 is 10.6 Å². The zero-order valence-electron chi connectivity index (χ0n) is 10.8. The van der Waals surface area contributed by atoms with Gasteiger partial charge in [-0.3, -0.25) is 15.0 Å². The van der Waals surface area contributed by atoms with Crippen molar-refractivity contribution in [3.63, 3.8) is 0 Å². The van der Waals surface area contributed by atoms with Gasteiger partial charge in [0, 0.05) is 13.1 Å². The number of urea groups is 1. The number of amides is 3. The Morgan fingerprint density at radius 3 is 2.82 bits per heavy atom. The largest absolute Gasteiger partial charge is 0.338 e. The summed E-state index contributed by atoms with van der Waals surface area (Å²) in [6.07, 6.45) is 3.23. The van der Waals surface area contributed by atoms with Crippen molar-refractivity contribution >= 4 is 11.9 Å². The van der Waals surface area contributed by atoms with Gasteiger partial charge in [0.15, 0.2) is 0 Å². The number of hydrogen-bond acceptors (Lipinski definition) is 3. The van der Waals surface area contributed by atoms with Crippen LogP contribution in [0.3, 0.4) is 0 Å². The third-order valence-electron chi connectivity index (χ3n) is 2.90. The molecular weight excluding hydrogens is 218 g/mol. The molecule has 1 fully saturated rings. The number of likely N-dealkylation sites (tertiary alicyclic amines) is 1. The zero-order chi connectivity index (χ0) is 12.7. The van der Waals surface area contributed by atoms with Gasteiger partial charge in [0.25, 0.3) is 0 Å². The Bertz CT molecular complexity index is 268. The topological polar surface area (TPSA) is 61.4 Å². The van der Waals surface area contributed by atoms with Gasteiger partial charge < -0.3 is 5.32 Å². The second-order valence-corrected chi connectivity index (χ2v) is 4.79. The van der Waals surface area contributed by atoms with Crippen LogP contribution >= 0.6 is 0 Å². The lowest BCUT2D eigenvalue weighted by Crippen LogP contribution is -2.46. The highest BCUT2D eigenvalue weighted by atomic mass is 16.2. The van der Waals surface area contributed by atoms with E-state index >= 15 is 0 Å². The van der Waals surface area contributed by atoms with Crippen molar-refractivity contribution in [1.82, 2.24) is 15.5 Å². The minimum absolute atomic E-state index is 0.215. The van der Waals surface area contributed by atoms with E-state index in [9.17, 15) is 9.59 Å². The van der Waals surface area contributed by atoms with E-state index in [-0.39, 0.29) is 11.9 Å². The predicted octanol–water partition coefficient (Wildman–Crippen LogP) is 0.954. The standard InChI is InChI=1S/C12H23N3O2/c1-3-6-13-12(17)14-11(16)9-15-7-4-5-10(2)8-15/h10H,3-9H2,1-2H3,(H2,13,14,16,17)/t10-/m1/s1. The van der Waals surface area contributed by atoms with Crippen LogP contribution in [0.2, 0.25) is 0 Å². The predicted molar refractivity (Wildman–Crippen MR) is 66.7 cm³/mol. The number of carbonyl (C=O) groups excluding carboxylic acids is 2. The molecule has 1 atom stereocenters. The van der Waals surface area contributed by atoms with Crippen LogP contribution in [0.25, 0.3) is 0 Å². The van der Waals surface area contributed by atoms with E-state index in [2.05, 4.69) is 22.5 Å². The van der Waals surface area contributed by atoms with Crippen LogP contribution in [-0.2, 0) is 4.79 Å². The molecule has 1 aliphatic rings. The van der Waals surface area contributed by atoms with Crippen molar-refractivity contribution in [3.8, 4) is 0 Å². The number of nitrogens with one attached hydrogen (secondary N) is 2. The summed E-state index contributed by atoms with van der Waals surface area (Å²) in [5, 5.41) is 4.97. The fourth-order valence-corrected chi connectivity index (χ4v) is 2.08. The molecule has 3 amide bonds. The quantitative estimate of drug-likeness (QED) is 0.770. The van der Waals surface area contributed by atoms with E-state index < -0.39 is 0 Å². The SMILES string of the molecule is CCCNC(=O)NC(=O)CN1CCC[C@@H](C)C1. The smallest absolute Gasteiger partial charge is 0.321 e. The van der Waals surface area contributed by atoms with E-state index in [0.717, 1.165) is 25.9 Å². The number of imide groups is 1. The van der Waals surface area contributed by atoms with Crippen LogP contribution in [0.1, 0.15) is 33.1 Å². The Kier molecular flexibility index (Phi) is 5.97. The molecule has 5 nitrogen and oxygen atoms in total. The first-order valence-electron chi connectivity index (χ1n) is 6.41. The van der Waals surface area contributed by atoms with Gasteiger partial charge in [-0.05, 0) is 31.7 Å². The minimum atomic E-state index is -0.387. The fourth-order valence-electron chi connectivity index (χ4n) is 2.08. The van der Waals surface area contributed by atoms with Crippen LogP contribution in [0.4, 0.5) is 4.79 Å². The first-order valence-corrected chi connectivity index (χ1v) is 6.41. The molecule has 1 heterocycles. The van der Waals surface area contributed by atoms with E-state index in [1.54, 1.807) is 0 Å². The fraction of sp³-hybridized carbons (Fsp3) is 0.833. The molecule has 17 heavy (non-hydrogen) atoms. The van der Waals surface area contributed by atoms with Gasteiger partial charge in [-0.25, -0.2) is 4.79 Å². The first kappa shape index (κ1) is 14.0. The number of piperidine rings is 1. The molecule has 0 bridgehead atoms. The number of hydrogen-bond donors (Lipinski definition) is 2. The third kappa shape index (κ3) is 5.68. The summed E-state index contributed by atoms with van der Waals surface area (Å²) in [5.74, 6) is 0.429. The molecule has 0 aliphatic carbocycles. The summed E-state index contributed by atoms with van der Waals surface area (Å²) >= 11 is 0. The average molecular weight is 241 g/mol. The molecule has 2 N–H and O–H groups in total. The van der Waals surface area contributed by atoms with Gasteiger partial charge >= 0.3 is 6.03 Å². The third-order valence-corrected chi connectivity index (χ3v) is 2.90. The maximum atomic E-state index is 11.6. The monoisotopic (exact) mass is 241 g/mol. The molecule has 0 saturated carbocycles. The average Bonchev–Trinajstić information content (AvgIpc) is 2.26. The first-order chi connectivity index (χ1) is 8.11. The van der Waals surface area contributed by atoms with E-state index in [1.807, 2.05) is 6.92 Å². The Hall–Kier alpha value is -1.10. The van der Waals surface area contributed by atoms with E-state index in [4.69, 9.17) is 0 Å². The van der Waals surface area contributed by atoms with Crippen LogP contribution in [0.15, 0.2) is 0 Å². The number of rotatable bonds is 4. The molecule has 0 aromatic carbocycles. The second kappa shape index (κ2) is 7.27. The molecule has 0 aromatic heterocycles. The Labute approximate surface area is 103 Å². The van der Waals surface area contributed by atoms with Crippen molar-refractivity contribution in [1.29, 1.82) is 0 Å². The minimum Gasteiger partial charge on any atom is -0.338 e. The molecule has 0 unspecified atom stereocenters.